The highest BCUT2D eigenvalue weighted by Crippen LogP contribution is 2.04. The molecule has 1 aromatic carbocycles. The van der Waals surface area contributed by atoms with Crippen molar-refractivity contribution in [3.05, 3.63) is 48.8 Å². The Balaban J connectivity index is 1.70. The molecule has 0 unspecified atom stereocenters. The van der Waals surface area contributed by atoms with Crippen molar-refractivity contribution in [1.82, 2.24) is 15.1 Å². The van der Waals surface area contributed by atoms with Crippen LogP contribution >= 0.6 is 0 Å². The minimum atomic E-state index is -0.923. The third kappa shape index (κ3) is 4.61. The second-order valence-electron chi connectivity index (χ2n) is 4.45. The van der Waals surface area contributed by atoms with E-state index < -0.39 is 10.8 Å². The van der Waals surface area contributed by atoms with E-state index in [-0.39, 0.29) is 0 Å². The van der Waals surface area contributed by atoms with Gasteiger partial charge in [0.2, 0.25) is 0 Å². The van der Waals surface area contributed by atoms with Gasteiger partial charge in [0, 0.05) is 35.6 Å². The van der Waals surface area contributed by atoms with E-state index in [4.69, 9.17) is 0 Å². The number of nitrogens with zero attached hydrogens (tertiary/aromatic N) is 2. The van der Waals surface area contributed by atoms with Crippen LogP contribution in [-0.2, 0) is 17.3 Å². The van der Waals surface area contributed by atoms with Crippen molar-refractivity contribution < 1.29 is 4.21 Å². The van der Waals surface area contributed by atoms with Crippen molar-refractivity contribution in [2.24, 2.45) is 0 Å². The lowest BCUT2D eigenvalue weighted by Crippen LogP contribution is -2.33. The fourth-order valence-corrected chi connectivity index (χ4v) is 2.84. The van der Waals surface area contributed by atoms with Gasteiger partial charge >= 0.3 is 0 Å². The van der Waals surface area contributed by atoms with Gasteiger partial charge in [0.1, 0.15) is 0 Å². The minimum Gasteiger partial charge on any atom is -0.311 e. The van der Waals surface area contributed by atoms with Crippen LogP contribution in [0.1, 0.15) is 6.92 Å². The van der Waals surface area contributed by atoms with Crippen LogP contribution in [0.4, 0.5) is 0 Å². The Kier molecular flexibility index (Phi) is 5.30. The molecule has 1 heterocycles. The molecule has 0 saturated carbocycles. The summed E-state index contributed by atoms with van der Waals surface area (Å²) in [7, 11) is -0.923. The van der Waals surface area contributed by atoms with Crippen molar-refractivity contribution >= 4 is 10.8 Å². The molecule has 0 aliphatic heterocycles. The highest BCUT2D eigenvalue weighted by atomic mass is 32.2. The van der Waals surface area contributed by atoms with Gasteiger partial charge in [-0.25, -0.2) is 0 Å². The van der Waals surface area contributed by atoms with Crippen molar-refractivity contribution in [3.8, 4) is 0 Å². The smallest absolute Gasteiger partial charge is 0.0559 e. The van der Waals surface area contributed by atoms with E-state index in [1.165, 1.54) is 0 Å². The predicted octanol–water partition coefficient (Wildman–Crippen LogP) is 1.67. The molecular formula is C14H19N3OS. The summed E-state index contributed by atoms with van der Waals surface area (Å²) in [5.41, 5.74) is 0. The molecule has 19 heavy (non-hydrogen) atoms. The molecule has 4 nitrogen and oxygen atoms in total. The molecule has 2 atom stereocenters. The monoisotopic (exact) mass is 277 g/mol. The summed E-state index contributed by atoms with van der Waals surface area (Å²) in [5.74, 6) is 0.632. The number of nitrogens with one attached hydrogen (secondary N) is 1. The van der Waals surface area contributed by atoms with E-state index >= 15 is 0 Å². The van der Waals surface area contributed by atoms with E-state index in [0.29, 0.717) is 11.8 Å². The first kappa shape index (κ1) is 14.0. The minimum absolute atomic E-state index is 0.313. The zero-order chi connectivity index (χ0) is 13.5. The SMILES string of the molecule is C[C@@H](Cn1cccn1)NCC[S@](=O)c1ccccc1. The Hall–Kier alpha value is -1.46. The summed E-state index contributed by atoms with van der Waals surface area (Å²) in [6.07, 6.45) is 3.72. The number of rotatable bonds is 7. The maximum absolute atomic E-state index is 12.0. The van der Waals surface area contributed by atoms with Gasteiger partial charge in [0.05, 0.1) is 17.3 Å². The van der Waals surface area contributed by atoms with Crippen molar-refractivity contribution in [3.63, 3.8) is 0 Å². The summed E-state index contributed by atoms with van der Waals surface area (Å²) >= 11 is 0. The van der Waals surface area contributed by atoms with Crippen molar-refractivity contribution in [2.45, 2.75) is 24.4 Å². The lowest BCUT2D eigenvalue weighted by Gasteiger charge is -2.13. The molecule has 0 spiro atoms. The van der Waals surface area contributed by atoms with Gasteiger partial charge in [-0.05, 0) is 25.1 Å². The molecule has 1 aromatic heterocycles. The van der Waals surface area contributed by atoms with Gasteiger partial charge in [-0.15, -0.1) is 0 Å². The normalized spacial score (nSPS) is 14.2. The van der Waals surface area contributed by atoms with Gasteiger partial charge in [-0.1, -0.05) is 18.2 Å². The van der Waals surface area contributed by atoms with Crippen molar-refractivity contribution in [1.29, 1.82) is 0 Å². The van der Waals surface area contributed by atoms with Gasteiger partial charge in [-0.2, -0.15) is 5.10 Å². The molecule has 2 rings (SSSR count). The fourth-order valence-electron chi connectivity index (χ4n) is 1.84. The molecule has 0 fully saturated rings. The molecule has 0 saturated heterocycles. The molecule has 0 radical (unpaired) electrons. The zero-order valence-electron chi connectivity index (χ0n) is 11.0. The molecule has 5 heteroatoms. The average Bonchev–Trinajstić information content (AvgIpc) is 2.92. The first-order valence-electron chi connectivity index (χ1n) is 6.40. The summed E-state index contributed by atoms with van der Waals surface area (Å²) in [4.78, 5) is 0.893. The molecule has 0 bridgehead atoms. The summed E-state index contributed by atoms with van der Waals surface area (Å²) in [5, 5.41) is 7.53. The number of benzene rings is 1. The molecular weight excluding hydrogens is 258 g/mol. The van der Waals surface area contributed by atoms with Gasteiger partial charge in [0.25, 0.3) is 0 Å². The van der Waals surface area contributed by atoms with Crippen LogP contribution in [0.5, 0.6) is 0 Å². The largest absolute Gasteiger partial charge is 0.311 e. The van der Waals surface area contributed by atoms with E-state index in [0.717, 1.165) is 18.0 Å². The van der Waals surface area contributed by atoms with Gasteiger partial charge < -0.3 is 5.32 Å². The van der Waals surface area contributed by atoms with Gasteiger partial charge in [-0.3, -0.25) is 8.89 Å². The summed E-state index contributed by atoms with van der Waals surface area (Å²) < 4.78 is 13.9. The molecule has 1 N–H and O–H groups in total. The third-order valence-corrected chi connectivity index (χ3v) is 4.18. The molecule has 0 aliphatic rings. The van der Waals surface area contributed by atoms with Crippen LogP contribution < -0.4 is 5.32 Å². The predicted molar refractivity (Wildman–Crippen MR) is 77.4 cm³/mol. The number of aromatic nitrogens is 2. The van der Waals surface area contributed by atoms with E-state index in [9.17, 15) is 4.21 Å². The third-order valence-electron chi connectivity index (χ3n) is 2.81. The van der Waals surface area contributed by atoms with Crippen LogP contribution in [-0.4, -0.2) is 32.3 Å². The molecule has 0 aliphatic carbocycles. The Bertz CT molecular complexity index is 499. The van der Waals surface area contributed by atoms with Crippen LogP contribution in [0.2, 0.25) is 0 Å². The first-order valence-corrected chi connectivity index (χ1v) is 7.72. The van der Waals surface area contributed by atoms with Gasteiger partial charge in [0.15, 0.2) is 0 Å². The quantitative estimate of drug-likeness (QED) is 0.837. The highest BCUT2D eigenvalue weighted by molar-refractivity contribution is 7.85. The zero-order valence-corrected chi connectivity index (χ0v) is 11.8. The topological polar surface area (TPSA) is 46.9 Å². The standard InChI is InChI=1S/C14H19N3OS/c1-13(12-17-10-5-8-16-17)15-9-11-19(18)14-6-3-2-4-7-14/h2-8,10,13,15H,9,11-12H2,1H3/t13-,19-/m0/s1. The van der Waals surface area contributed by atoms with E-state index in [2.05, 4.69) is 17.3 Å². The van der Waals surface area contributed by atoms with Crippen LogP contribution in [0.15, 0.2) is 53.7 Å². The first-order chi connectivity index (χ1) is 9.25. The lowest BCUT2D eigenvalue weighted by atomic mass is 10.3. The molecule has 2 aromatic rings. The van der Waals surface area contributed by atoms with E-state index in [1.54, 1.807) is 6.20 Å². The van der Waals surface area contributed by atoms with Crippen molar-refractivity contribution in [2.75, 3.05) is 12.3 Å². The van der Waals surface area contributed by atoms with Crippen LogP contribution in [0, 0.1) is 0 Å². The Morgan fingerprint density at radius 2 is 2.11 bits per heavy atom. The second kappa shape index (κ2) is 7.21. The Labute approximate surface area is 116 Å². The fraction of sp³-hybridized carbons (Fsp3) is 0.357. The summed E-state index contributed by atoms with van der Waals surface area (Å²) in [6, 6.07) is 11.8. The molecule has 0 amide bonds. The highest BCUT2D eigenvalue weighted by Gasteiger charge is 2.05. The van der Waals surface area contributed by atoms with Crippen LogP contribution in [0.25, 0.3) is 0 Å². The summed E-state index contributed by atoms with van der Waals surface area (Å²) in [6.45, 7) is 3.67. The Morgan fingerprint density at radius 3 is 2.79 bits per heavy atom. The lowest BCUT2D eigenvalue weighted by molar-refractivity contribution is 0.462. The Morgan fingerprint density at radius 1 is 1.32 bits per heavy atom. The maximum atomic E-state index is 12.0. The second-order valence-corrected chi connectivity index (χ2v) is 6.02. The van der Waals surface area contributed by atoms with E-state index in [1.807, 2.05) is 47.3 Å². The number of hydrogen-bond acceptors (Lipinski definition) is 3. The average molecular weight is 277 g/mol. The molecule has 102 valence electrons. The maximum Gasteiger partial charge on any atom is 0.0559 e. The van der Waals surface area contributed by atoms with Crippen LogP contribution in [0.3, 0.4) is 0 Å². The number of hydrogen-bond donors (Lipinski definition) is 1.